The third-order valence-corrected chi connectivity index (χ3v) is 7.55. The van der Waals surface area contributed by atoms with Crippen molar-refractivity contribution >= 4 is 21.6 Å². The molecule has 0 spiro atoms. The van der Waals surface area contributed by atoms with Gasteiger partial charge < -0.3 is 15.2 Å². The number of nitrogens with one attached hydrogen (secondary N) is 2. The van der Waals surface area contributed by atoms with Crippen LogP contribution in [-0.4, -0.2) is 59.2 Å². The monoisotopic (exact) mass is 484 g/mol. The van der Waals surface area contributed by atoms with Crippen molar-refractivity contribution in [2.75, 3.05) is 18.4 Å². The molecule has 2 unspecified atom stereocenters. The maximum atomic E-state index is 13.0. The van der Waals surface area contributed by atoms with Crippen molar-refractivity contribution in [1.82, 2.24) is 14.5 Å². The molecule has 180 valence electrons. The summed E-state index contributed by atoms with van der Waals surface area (Å²) in [6, 6.07) is 12.9. The number of aryl methyl sites for hydroxylation is 1. The quantitative estimate of drug-likeness (QED) is 0.493. The van der Waals surface area contributed by atoms with Crippen LogP contribution in [0.1, 0.15) is 36.8 Å². The second kappa shape index (κ2) is 9.57. The lowest BCUT2D eigenvalue weighted by molar-refractivity contribution is -0.0440. The summed E-state index contributed by atoms with van der Waals surface area (Å²) in [6.07, 6.45) is 0.450. The number of carbonyl (C=O) groups excluding carboxylic acids is 1. The molecule has 1 fully saturated rings. The third-order valence-electron chi connectivity index (χ3n) is 5.70. The minimum absolute atomic E-state index is 0.0801. The molecule has 3 N–H and O–H groups in total. The van der Waals surface area contributed by atoms with E-state index in [2.05, 4.69) is 15.5 Å². The van der Waals surface area contributed by atoms with Crippen LogP contribution in [0.4, 0.5) is 5.69 Å². The Hall–Kier alpha value is -3.21. The number of hydrogen-bond acceptors (Lipinski definition) is 6. The number of amides is 1. The number of rotatable bonds is 6. The Kier molecular flexibility index (Phi) is 6.74. The van der Waals surface area contributed by atoms with Crippen LogP contribution in [0.25, 0.3) is 11.3 Å². The standard InChI is InChI=1S/C24H28N4O5S/c1-4-17-5-10-23(29)20(11-17)21-12-22(27-26-21)24(30)25-18-6-8-19(9-7-18)34(31,32)28-13-15(2)33-16(3)14-28/h5-12,15-16,29H,4,13-14H2,1-3H3,(H,25,30)(H,26,27). The molecule has 34 heavy (non-hydrogen) atoms. The Balaban J connectivity index is 1.47. The third kappa shape index (κ3) is 4.98. The number of aromatic hydroxyl groups is 1. The van der Waals surface area contributed by atoms with E-state index in [0.29, 0.717) is 30.0 Å². The summed E-state index contributed by atoms with van der Waals surface area (Å²) in [7, 11) is -3.66. The fraction of sp³-hybridized carbons (Fsp3) is 0.333. The molecule has 0 aliphatic carbocycles. The maximum absolute atomic E-state index is 13.0. The lowest BCUT2D eigenvalue weighted by Crippen LogP contribution is -2.48. The molecule has 0 bridgehead atoms. The van der Waals surface area contributed by atoms with E-state index in [1.807, 2.05) is 32.9 Å². The lowest BCUT2D eigenvalue weighted by atomic mass is 10.1. The molecule has 2 aromatic carbocycles. The molecule has 1 aromatic heterocycles. The van der Waals surface area contributed by atoms with Crippen molar-refractivity contribution in [2.45, 2.75) is 44.3 Å². The van der Waals surface area contributed by atoms with E-state index < -0.39 is 15.9 Å². The summed E-state index contributed by atoms with van der Waals surface area (Å²) in [6.45, 7) is 6.30. The van der Waals surface area contributed by atoms with Gasteiger partial charge in [0, 0.05) is 24.3 Å². The largest absolute Gasteiger partial charge is 0.507 e. The van der Waals surface area contributed by atoms with Crippen LogP contribution >= 0.6 is 0 Å². The van der Waals surface area contributed by atoms with E-state index in [-0.39, 0.29) is 28.5 Å². The summed E-state index contributed by atoms with van der Waals surface area (Å²) >= 11 is 0. The number of anilines is 1. The number of ether oxygens (including phenoxy) is 1. The fourth-order valence-corrected chi connectivity index (χ4v) is 5.56. The van der Waals surface area contributed by atoms with Gasteiger partial charge in [-0.25, -0.2) is 8.42 Å². The number of aromatic nitrogens is 2. The average molecular weight is 485 g/mol. The van der Waals surface area contributed by atoms with Gasteiger partial charge in [-0.05, 0) is 68.3 Å². The summed E-state index contributed by atoms with van der Waals surface area (Å²) in [5, 5.41) is 19.7. The van der Waals surface area contributed by atoms with Gasteiger partial charge >= 0.3 is 0 Å². The normalized spacial score (nSPS) is 19.1. The highest BCUT2D eigenvalue weighted by Gasteiger charge is 2.32. The van der Waals surface area contributed by atoms with Crippen molar-refractivity contribution in [2.24, 2.45) is 0 Å². The molecular weight excluding hydrogens is 456 g/mol. The van der Waals surface area contributed by atoms with Crippen LogP contribution in [0.15, 0.2) is 53.4 Å². The van der Waals surface area contributed by atoms with Gasteiger partial charge in [0.05, 0.1) is 22.8 Å². The van der Waals surface area contributed by atoms with Gasteiger partial charge in [-0.3, -0.25) is 9.89 Å². The Morgan fingerprint density at radius 3 is 2.47 bits per heavy atom. The molecule has 3 aromatic rings. The maximum Gasteiger partial charge on any atom is 0.273 e. The van der Waals surface area contributed by atoms with E-state index in [1.165, 1.54) is 16.4 Å². The van der Waals surface area contributed by atoms with E-state index in [1.54, 1.807) is 24.3 Å². The minimum atomic E-state index is -3.66. The van der Waals surface area contributed by atoms with Gasteiger partial charge in [-0.2, -0.15) is 9.40 Å². The molecule has 0 saturated carbocycles. The van der Waals surface area contributed by atoms with Crippen molar-refractivity contribution in [3.05, 3.63) is 59.8 Å². The number of sulfonamides is 1. The minimum Gasteiger partial charge on any atom is -0.507 e. The predicted octanol–water partition coefficient (Wildman–Crippen LogP) is 3.39. The first-order valence-electron chi connectivity index (χ1n) is 11.1. The topological polar surface area (TPSA) is 125 Å². The first-order chi connectivity index (χ1) is 16.2. The summed E-state index contributed by atoms with van der Waals surface area (Å²) in [5.41, 5.74) is 2.69. The van der Waals surface area contributed by atoms with Crippen molar-refractivity contribution < 1.29 is 23.1 Å². The number of H-pyrrole nitrogens is 1. The zero-order valence-corrected chi connectivity index (χ0v) is 20.1. The second-order valence-electron chi connectivity index (χ2n) is 8.43. The predicted molar refractivity (Wildman–Crippen MR) is 128 cm³/mol. The van der Waals surface area contributed by atoms with Crippen LogP contribution in [0.5, 0.6) is 5.75 Å². The average Bonchev–Trinajstić information content (AvgIpc) is 3.29. The molecular formula is C24H28N4O5S. The molecule has 1 aliphatic rings. The molecule has 1 amide bonds. The Morgan fingerprint density at radius 1 is 1.15 bits per heavy atom. The van der Waals surface area contributed by atoms with Crippen molar-refractivity contribution in [3.63, 3.8) is 0 Å². The molecule has 2 atom stereocenters. The number of phenols is 1. The first-order valence-corrected chi connectivity index (χ1v) is 12.6. The highest BCUT2D eigenvalue weighted by atomic mass is 32.2. The molecule has 0 radical (unpaired) electrons. The van der Waals surface area contributed by atoms with E-state index in [9.17, 15) is 18.3 Å². The van der Waals surface area contributed by atoms with E-state index in [0.717, 1.165) is 12.0 Å². The van der Waals surface area contributed by atoms with Gasteiger partial charge in [0.25, 0.3) is 5.91 Å². The summed E-state index contributed by atoms with van der Waals surface area (Å²) < 4.78 is 33.0. The number of phenolic OH excluding ortho intramolecular Hbond substituents is 1. The van der Waals surface area contributed by atoms with Crippen molar-refractivity contribution in [3.8, 4) is 17.0 Å². The van der Waals surface area contributed by atoms with E-state index >= 15 is 0 Å². The van der Waals surface area contributed by atoms with Crippen molar-refractivity contribution in [1.29, 1.82) is 0 Å². The Bertz CT molecular complexity index is 1280. The van der Waals surface area contributed by atoms with Crippen LogP contribution < -0.4 is 5.32 Å². The van der Waals surface area contributed by atoms with Gasteiger partial charge in [-0.1, -0.05) is 13.0 Å². The molecule has 10 heteroatoms. The number of morpholine rings is 1. The SMILES string of the molecule is CCc1ccc(O)c(-c2cc(C(=O)Nc3ccc(S(=O)(=O)N4CC(C)OC(C)C4)cc3)[nH]n2)c1. The van der Waals surface area contributed by atoms with Gasteiger partial charge in [0.15, 0.2) is 0 Å². The molecule has 9 nitrogen and oxygen atoms in total. The van der Waals surface area contributed by atoms with Crippen LogP contribution in [0.3, 0.4) is 0 Å². The highest BCUT2D eigenvalue weighted by molar-refractivity contribution is 7.89. The van der Waals surface area contributed by atoms with Crippen LogP contribution in [-0.2, 0) is 21.2 Å². The zero-order chi connectivity index (χ0) is 24.5. The second-order valence-corrected chi connectivity index (χ2v) is 10.4. The summed E-state index contributed by atoms with van der Waals surface area (Å²) in [5.74, 6) is -0.354. The fourth-order valence-electron chi connectivity index (χ4n) is 3.97. The molecule has 1 saturated heterocycles. The van der Waals surface area contributed by atoms with Gasteiger partial charge in [0.2, 0.25) is 10.0 Å². The number of benzene rings is 2. The number of aromatic amines is 1. The Labute approximate surface area is 198 Å². The number of carbonyl (C=O) groups is 1. The zero-order valence-electron chi connectivity index (χ0n) is 19.3. The van der Waals surface area contributed by atoms with Crippen LogP contribution in [0.2, 0.25) is 0 Å². The van der Waals surface area contributed by atoms with E-state index in [4.69, 9.17) is 4.74 Å². The smallest absolute Gasteiger partial charge is 0.273 e. The molecule has 2 heterocycles. The highest BCUT2D eigenvalue weighted by Crippen LogP contribution is 2.29. The number of nitrogens with zero attached hydrogens (tertiary/aromatic N) is 2. The number of hydrogen-bond donors (Lipinski definition) is 3. The van der Waals surface area contributed by atoms with Gasteiger partial charge in [0.1, 0.15) is 11.4 Å². The van der Waals surface area contributed by atoms with Gasteiger partial charge in [-0.15, -0.1) is 0 Å². The first kappa shape index (κ1) is 23.9. The summed E-state index contributed by atoms with van der Waals surface area (Å²) in [4.78, 5) is 12.8. The lowest BCUT2D eigenvalue weighted by Gasteiger charge is -2.34. The molecule has 1 aliphatic heterocycles. The van der Waals surface area contributed by atoms with Crippen LogP contribution in [0, 0.1) is 0 Å². The Morgan fingerprint density at radius 2 is 1.82 bits per heavy atom. The molecule has 4 rings (SSSR count).